The smallest absolute Gasteiger partial charge is 0.274 e. The van der Waals surface area contributed by atoms with E-state index < -0.39 is 0 Å². The second kappa shape index (κ2) is 7.78. The highest BCUT2D eigenvalue weighted by molar-refractivity contribution is 8.13. The van der Waals surface area contributed by atoms with Crippen molar-refractivity contribution in [1.29, 1.82) is 0 Å². The number of nitrogens with zero attached hydrogens (tertiary/aromatic N) is 2. The molecule has 1 aliphatic carbocycles. The Balaban J connectivity index is 1.85. The van der Waals surface area contributed by atoms with E-state index in [9.17, 15) is 4.79 Å². The first kappa shape index (κ1) is 18.3. The van der Waals surface area contributed by atoms with Crippen LogP contribution in [0, 0.1) is 0 Å². The zero-order valence-electron chi connectivity index (χ0n) is 14.7. The van der Waals surface area contributed by atoms with Gasteiger partial charge in [0.05, 0.1) is 17.4 Å². The maximum Gasteiger partial charge on any atom is 0.274 e. The number of thioether (sulfide) groups is 1. The predicted molar refractivity (Wildman–Crippen MR) is 108 cm³/mol. The van der Waals surface area contributed by atoms with E-state index >= 15 is 0 Å². The lowest BCUT2D eigenvalue weighted by atomic mass is 9.88. The molecular formula is C19H23N5OS. The van der Waals surface area contributed by atoms with Gasteiger partial charge in [-0.2, -0.15) is 0 Å². The van der Waals surface area contributed by atoms with Crippen molar-refractivity contribution in [1.82, 2.24) is 4.98 Å². The Morgan fingerprint density at radius 2 is 2.04 bits per heavy atom. The van der Waals surface area contributed by atoms with Crippen LogP contribution in [-0.2, 0) is 5.54 Å². The standard InChI is InChI=1S/C19H23N5OS/c1-26-18(21)24-19(9-2-3-10-19)13-5-4-6-15(11-13)23-17(25)16-8-7-14(20)12-22-16/h4-8,11-12H,2-3,9-10,20H2,1H3,(H2,21,24)(H,23,25). The molecule has 1 aromatic heterocycles. The van der Waals surface area contributed by atoms with E-state index in [1.807, 2.05) is 24.5 Å². The number of aromatic nitrogens is 1. The van der Waals surface area contributed by atoms with Crippen LogP contribution in [0.25, 0.3) is 0 Å². The van der Waals surface area contributed by atoms with E-state index in [2.05, 4.69) is 16.4 Å². The van der Waals surface area contributed by atoms with Crippen molar-refractivity contribution < 1.29 is 4.79 Å². The first-order chi connectivity index (χ1) is 12.5. The quantitative estimate of drug-likeness (QED) is 0.566. The van der Waals surface area contributed by atoms with Gasteiger partial charge in [-0.25, -0.2) is 4.98 Å². The van der Waals surface area contributed by atoms with E-state index in [-0.39, 0.29) is 11.4 Å². The number of aliphatic imine (C=N–C) groups is 1. The van der Waals surface area contributed by atoms with Crippen molar-refractivity contribution in [3.63, 3.8) is 0 Å². The third-order valence-corrected chi connectivity index (χ3v) is 5.15. The van der Waals surface area contributed by atoms with Crippen LogP contribution >= 0.6 is 11.8 Å². The normalized spacial score (nSPS) is 16.4. The summed E-state index contributed by atoms with van der Waals surface area (Å²) in [4.78, 5) is 21.3. The second-order valence-electron chi connectivity index (χ2n) is 6.40. The van der Waals surface area contributed by atoms with Gasteiger partial charge in [-0.05, 0) is 48.9 Å². The van der Waals surface area contributed by atoms with Crippen molar-refractivity contribution in [3.05, 3.63) is 53.9 Å². The van der Waals surface area contributed by atoms with Gasteiger partial charge in [0, 0.05) is 5.69 Å². The molecule has 6 nitrogen and oxygen atoms in total. The van der Waals surface area contributed by atoms with Gasteiger partial charge in [0.25, 0.3) is 5.91 Å². The Labute approximate surface area is 157 Å². The number of rotatable bonds is 4. The van der Waals surface area contributed by atoms with Gasteiger partial charge < -0.3 is 16.8 Å². The summed E-state index contributed by atoms with van der Waals surface area (Å²) in [6, 6.07) is 11.1. The number of pyridine rings is 1. The number of carbonyl (C=O) groups is 1. The van der Waals surface area contributed by atoms with Gasteiger partial charge in [-0.1, -0.05) is 36.7 Å². The fourth-order valence-corrected chi connectivity index (χ4v) is 3.57. The van der Waals surface area contributed by atoms with E-state index in [1.54, 1.807) is 12.1 Å². The number of anilines is 2. The summed E-state index contributed by atoms with van der Waals surface area (Å²) >= 11 is 1.46. The lowest BCUT2D eigenvalue weighted by molar-refractivity contribution is 0.102. The van der Waals surface area contributed by atoms with Crippen LogP contribution in [0.2, 0.25) is 0 Å². The first-order valence-electron chi connectivity index (χ1n) is 8.55. The minimum Gasteiger partial charge on any atom is -0.397 e. The fourth-order valence-electron chi connectivity index (χ4n) is 3.30. The largest absolute Gasteiger partial charge is 0.397 e. The number of hydrogen-bond donors (Lipinski definition) is 3. The van der Waals surface area contributed by atoms with E-state index in [4.69, 9.17) is 16.5 Å². The molecule has 1 heterocycles. The van der Waals surface area contributed by atoms with Crippen molar-refractivity contribution in [2.75, 3.05) is 17.3 Å². The number of carbonyl (C=O) groups excluding carboxylic acids is 1. The van der Waals surface area contributed by atoms with Crippen LogP contribution in [0.15, 0.2) is 47.6 Å². The summed E-state index contributed by atoms with van der Waals surface area (Å²) in [6.07, 6.45) is 7.57. The van der Waals surface area contributed by atoms with Gasteiger partial charge >= 0.3 is 0 Å². The molecule has 26 heavy (non-hydrogen) atoms. The number of nitrogens with one attached hydrogen (secondary N) is 1. The molecule has 0 unspecified atom stereocenters. The molecule has 1 amide bonds. The van der Waals surface area contributed by atoms with E-state index in [0.29, 0.717) is 16.5 Å². The van der Waals surface area contributed by atoms with Gasteiger partial charge in [0.2, 0.25) is 0 Å². The Bertz CT molecular complexity index is 813. The van der Waals surface area contributed by atoms with E-state index in [0.717, 1.165) is 36.9 Å². The van der Waals surface area contributed by atoms with Gasteiger partial charge in [0.1, 0.15) is 5.69 Å². The van der Waals surface area contributed by atoms with Gasteiger partial charge in [-0.3, -0.25) is 9.79 Å². The highest BCUT2D eigenvalue weighted by Crippen LogP contribution is 2.43. The van der Waals surface area contributed by atoms with Crippen LogP contribution in [0.5, 0.6) is 0 Å². The van der Waals surface area contributed by atoms with Crippen molar-refractivity contribution >= 4 is 34.2 Å². The number of nitrogens with two attached hydrogens (primary N) is 2. The van der Waals surface area contributed by atoms with Crippen LogP contribution in [0.1, 0.15) is 41.7 Å². The summed E-state index contributed by atoms with van der Waals surface area (Å²) in [5.41, 5.74) is 14.0. The Hall–Kier alpha value is -2.54. The average molecular weight is 369 g/mol. The van der Waals surface area contributed by atoms with Crippen molar-refractivity contribution in [2.24, 2.45) is 10.7 Å². The number of nitrogen functional groups attached to an aromatic ring is 1. The first-order valence-corrected chi connectivity index (χ1v) is 9.78. The third kappa shape index (κ3) is 3.99. The Morgan fingerprint density at radius 1 is 1.27 bits per heavy atom. The molecule has 0 saturated heterocycles. The number of hydrogen-bond acceptors (Lipinski definition) is 5. The SMILES string of the molecule is CS/C(N)=N\C1(c2cccc(NC(=O)c3ccc(N)cn3)c2)CCCC1. The van der Waals surface area contributed by atoms with Crippen molar-refractivity contribution in [2.45, 2.75) is 31.2 Å². The maximum absolute atomic E-state index is 12.4. The zero-order chi connectivity index (χ0) is 18.6. The molecule has 1 saturated carbocycles. The van der Waals surface area contributed by atoms with Gasteiger partial charge in [-0.15, -0.1) is 0 Å². The maximum atomic E-state index is 12.4. The second-order valence-corrected chi connectivity index (χ2v) is 7.23. The molecule has 0 radical (unpaired) electrons. The molecule has 1 aromatic carbocycles. The molecule has 0 aliphatic heterocycles. The van der Waals surface area contributed by atoms with Crippen LogP contribution in [0.4, 0.5) is 11.4 Å². The summed E-state index contributed by atoms with van der Waals surface area (Å²) in [6.45, 7) is 0. The molecule has 7 heteroatoms. The summed E-state index contributed by atoms with van der Waals surface area (Å²) in [7, 11) is 0. The highest BCUT2D eigenvalue weighted by Gasteiger charge is 2.35. The lowest BCUT2D eigenvalue weighted by Gasteiger charge is -2.26. The summed E-state index contributed by atoms with van der Waals surface area (Å²) in [5, 5.41) is 3.49. The molecule has 0 bridgehead atoms. The lowest BCUT2D eigenvalue weighted by Crippen LogP contribution is -2.24. The van der Waals surface area contributed by atoms with Crippen LogP contribution < -0.4 is 16.8 Å². The van der Waals surface area contributed by atoms with E-state index in [1.165, 1.54) is 18.0 Å². The topological polar surface area (TPSA) is 106 Å². The molecule has 1 aliphatic rings. The monoisotopic (exact) mass is 369 g/mol. The predicted octanol–water partition coefficient (Wildman–Crippen LogP) is 3.36. The molecule has 2 aromatic rings. The average Bonchev–Trinajstić information content (AvgIpc) is 3.12. The Kier molecular flexibility index (Phi) is 5.46. The molecule has 5 N–H and O–H groups in total. The minimum atomic E-state index is -0.298. The van der Waals surface area contributed by atoms with Crippen LogP contribution in [0.3, 0.4) is 0 Å². The number of amides is 1. The summed E-state index contributed by atoms with van der Waals surface area (Å²) < 4.78 is 0. The fraction of sp³-hybridized carbons (Fsp3) is 0.316. The number of amidine groups is 1. The molecule has 0 spiro atoms. The van der Waals surface area contributed by atoms with Crippen molar-refractivity contribution in [3.8, 4) is 0 Å². The molecule has 3 rings (SSSR count). The third-order valence-electron chi connectivity index (χ3n) is 4.64. The molecular weight excluding hydrogens is 346 g/mol. The summed E-state index contributed by atoms with van der Waals surface area (Å²) in [5.74, 6) is -0.269. The molecule has 0 atom stereocenters. The van der Waals surface area contributed by atoms with Crippen LogP contribution in [-0.4, -0.2) is 22.3 Å². The molecule has 1 fully saturated rings. The highest BCUT2D eigenvalue weighted by atomic mass is 32.2. The molecule has 136 valence electrons. The Morgan fingerprint density at radius 3 is 2.69 bits per heavy atom. The number of benzene rings is 1. The zero-order valence-corrected chi connectivity index (χ0v) is 15.6. The van der Waals surface area contributed by atoms with Gasteiger partial charge in [0.15, 0.2) is 5.17 Å². The minimum absolute atomic E-state index is 0.269.